The van der Waals surface area contributed by atoms with E-state index in [1.807, 2.05) is 0 Å². The predicted molar refractivity (Wildman–Crippen MR) is 401 cm³/mol. The molecule has 14 aromatic rings. The summed E-state index contributed by atoms with van der Waals surface area (Å²) in [6.45, 7) is 16.2. The summed E-state index contributed by atoms with van der Waals surface area (Å²) in [5.41, 5.74) is 23.3. The summed E-state index contributed by atoms with van der Waals surface area (Å²) in [5, 5.41) is 4.81. The largest absolute Gasteiger partial charge is 0.509 e. The first-order valence-electron chi connectivity index (χ1n) is 35.2. The van der Waals surface area contributed by atoms with Crippen LogP contribution in [0.4, 0.5) is 22.7 Å². The first-order chi connectivity index (χ1) is 47.5. The molecular formula is C91H78N5OPt-3. The van der Waals surface area contributed by atoms with Crippen LogP contribution in [0, 0.1) is 42.5 Å². The second-order valence-corrected chi connectivity index (χ2v) is 29.0. The van der Waals surface area contributed by atoms with Crippen LogP contribution in [0.5, 0.6) is 11.5 Å². The van der Waals surface area contributed by atoms with E-state index in [0.717, 1.165) is 90.0 Å². The maximum atomic E-state index is 7.39. The average molecular weight is 1450 g/mol. The van der Waals surface area contributed by atoms with Gasteiger partial charge < -0.3 is 23.7 Å². The third-order valence-corrected chi connectivity index (χ3v) is 22.4. The molecule has 98 heavy (non-hydrogen) atoms. The van der Waals surface area contributed by atoms with E-state index in [9.17, 15) is 0 Å². The van der Waals surface area contributed by atoms with Gasteiger partial charge in [-0.25, -0.2) is 4.98 Å². The van der Waals surface area contributed by atoms with Crippen molar-refractivity contribution in [1.29, 1.82) is 0 Å². The fourth-order valence-corrected chi connectivity index (χ4v) is 18.3. The molecule has 0 unspecified atom stereocenters. The number of rotatable bonds is 14. The summed E-state index contributed by atoms with van der Waals surface area (Å²) in [6, 6.07) is 99.8. The van der Waals surface area contributed by atoms with E-state index < -0.39 is 0 Å². The van der Waals surface area contributed by atoms with Gasteiger partial charge in [-0.1, -0.05) is 217 Å². The van der Waals surface area contributed by atoms with Gasteiger partial charge in [-0.05, 0) is 178 Å². The van der Waals surface area contributed by atoms with E-state index in [1.54, 1.807) is 0 Å². The van der Waals surface area contributed by atoms with E-state index in [4.69, 9.17) is 9.72 Å². The summed E-state index contributed by atoms with van der Waals surface area (Å²) >= 11 is 0. The molecule has 0 atom stereocenters. The first-order valence-corrected chi connectivity index (χ1v) is 35.2. The molecule has 0 amide bonds. The smallest absolute Gasteiger partial charge is 0.135 e. The van der Waals surface area contributed by atoms with Crippen LogP contribution >= 0.6 is 0 Å². The maximum Gasteiger partial charge on any atom is 0.135 e. The van der Waals surface area contributed by atoms with Crippen molar-refractivity contribution in [3.05, 3.63) is 302 Å². The summed E-state index contributed by atoms with van der Waals surface area (Å²) in [7, 11) is 0. The molecule has 0 saturated heterocycles. The Morgan fingerprint density at radius 3 is 1.57 bits per heavy atom. The quantitative estimate of drug-likeness (QED) is 0.102. The zero-order valence-electron chi connectivity index (χ0n) is 56.4. The Hall–Kier alpha value is -9.74. The van der Waals surface area contributed by atoms with Crippen LogP contribution < -0.4 is 14.5 Å². The number of fused-ring (bicyclic) bond motifs is 7. The SMILES string of the molecule is CC(C)c1cc(C(C)C)c(-c2cc(Oc3[c-]c4c(cc3)c3ccccc3n4-c3cc(C4(c5ccc(-n6c7ccccc7c7ccccc76)cc5)C5CC6CC(C5)CC4C6)ccn3)[c-]c(N3[CH-]N(c4c(-c5ccccc5)cccc4-c4ccccc4)c4ccccc43)c2)c(C(C)C)c1.[Pt]. The van der Waals surface area contributed by atoms with Crippen LogP contribution in [-0.2, 0) is 26.5 Å². The molecular weight excluding hydrogens is 1370 g/mol. The van der Waals surface area contributed by atoms with E-state index in [2.05, 4.69) is 334 Å². The van der Waals surface area contributed by atoms with E-state index in [-0.39, 0.29) is 38.3 Å². The summed E-state index contributed by atoms with van der Waals surface area (Å²) in [4.78, 5) is 10.1. The Morgan fingerprint density at radius 2 is 0.990 bits per heavy atom. The van der Waals surface area contributed by atoms with Gasteiger partial charge in [-0.2, -0.15) is 6.07 Å². The summed E-state index contributed by atoms with van der Waals surface area (Å²) in [5.74, 6) is 5.65. The minimum atomic E-state index is -0.167. The van der Waals surface area contributed by atoms with Crippen molar-refractivity contribution >= 4 is 66.4 Å². The third kappa shape index (κ3) is 10.1. The van der Waals surface area contributed by atoms with Crippen molar-refractivity contribution in [1.82, 2.24) is 14.1 Å². The van der Waals surface area contributed by atoms with Crippen LogP contribution in [0.3, 0.4) is 0 Å². The van der Waals surface area contributed by atoms with E-state index in [1.165, 1.54) is 93.0 Å². The molecule has 0 radical (unpaired) electrons. The number of ether oxygens (including phenoxy) is 1. The Labute approximate surface area is 590 Å². The summed E-state index contributed by atoms with van der Waals surface area (Å²) in [6.07, 6.45) is 8.54. The number of hydrogen-bond donors (Lipinski definition) is 0. The molecule has 4 saturated carbocycles. The molecule has 0 N–H and O–H groups in total. The van der Waals surface area contributed by atoms with Crippen molar-refractivity contribution in [2.75, 3.05) is 9.80 Å². The molecule has 6 nitrogen and oxygen atoms in total. The van der Waals surface area contributed by atoms with E-state index >= 15 is 0 Å². The van der Waals surface area contributed by atoms with Crippen LogP contribution in [0.1, 0.15) is 119 Å². The minimum absolute atomic E-state index is 0. The van der Waals surface area contributed by atoms with Crippen molar-refractivity contribution in [2.45, 2.75) is 96.8 Å². The van der Waals surface area contributed by atoms with Crippen LogP contribution in [0.25, 0.3) is 88.5 Å². The number of hydrogen-bond acceptors (Lipinski definition) is 4. The van der Waals surface area contributed by atoms with Gasteiger partial charge in [0.25, 0.3) is 0 Å². The fourth-order valence-electron chi connectivity index (χ4n) is 18.3. The van der Waals surface area contributed by atoms with Crippen molar-refractivity contribution in [2.24, 2.45) is 23.7 Å². The second-order valence-electron chi connectivity index (χ2n) is 29.0. The molecule has 4 heterocycles. The molecule has 1 aliphatic heterocycles. The minimum Gasteiger partial charge on any atom is -0.509 e. The second kappa shape index (κ2) is 24.7. The van der Waals surface area contributed by atoms with Gasteiger partial charge in [0.2, 0.25) is 0 Å². The number of anilines is 4. The van der Waals surface area contributed by atoms with Gasteiger partial charge in [0.15, 0.2) is 0 Å². The van der Waals surface area contributed by atoms with Gasteiger partial charge in [0.1, 0.15) is 5.82 Å². The number of aromatic nitrogens is 3. The molecule has 4 fully saturated rings. The van der Waals surface area contributed by atoms with Gasteiger partial charge in [0, 0.05) is 94.3 Å². The van der Waals surface area contributed by atoms with Crippen LogP contribution in [-0.4, -0.2) is 14.1 Å². The van der Waals surface area contributed by atoms with Crippen LogP contribution in [0.2, 0.25) is 0 Å². The monoisotopic (exact) mass is 1450 g/mol. The Bertz CT molecular complexity index is 5200. The molecule has 3 aromatic heterocycles. The van der Waals surface area contributed by atoms with Gasteiger partial charge in [0.05, 0.1) is 11.0 Å². The average Bonchev–Trinajstić information content (AvgIpc) is 0.907. The third-order valence-electron chi connectivity index (χ3n) is 22.4. The first kappa shape index (κ1) is 61.8. The molecule has 5 aliphatic rings. The van der Waals surface area contributed by atoms with E-state index in [0.29, 0.717) is 29.3 Å². The number of benzene rings is 11. The Morgan fingerprint density at radius 1 is 0.449 bits per heavy atom. The number of pyridine rings is 1. The standard InChI is InChI=1S/C91H78N5O.Pt/c1-57(2)64-51-80(58(3)4)89(81(52-64)59(5)6)65-49-71(93-56-94(86-35-20-19-34-85(86)93)90-74(62-22-9-7-10-23-62)29-21-30-75(90)63-24-11-8-12-25-63)54-73(50-65)97-72-40-41-79-78-28-15-18-33-84(78)96(87(79)55-72)88-53-67(42-43-92-88)91(68-45-60-44-61(47-68)48-69(91)46-60)66-36-38-70(39-37-66)95-82-31-16-13-26-76(82)77-27-14-17-32-83(77)95;/h7-43,49-53,56-61,68-69H,44-48H2,1-6H3;/q-3;. The van der Waals surface area contributed by atoms with Gasteiger partial charge in [-0.3, -0.25) is 0 Å². The predicted octanol–water partition coefficient (Wildman–Crippen LogP) is 24.2. The summed E-state index contributed by atoms with van der Waals surface area (Å²) < 4.78 is 12.2. The molecule has 4 bridgehead atoms. The Balaban J connectivity index is 0.00000722. The number of para-hydroxylation sites is 6. The van der Waals surface area contributed by atoms with Crippen molar-refractivity contribution < 1.29 is 25.8 Å². The fraction of sp³-hybridized carbons (Fsp3) is 0.209. The normalized spacial score (nSPS) is 18.7. The van der Waals surface area contributed by atoms with Crippen molar-refractivity contribution in [3.8, 4) is 56.4 Å². The van der Waals surface area contributed by atoms with Crippen molar-refractivity contribution in [3.63, 3.8) is 0 Å². The zero-order valence-corrected chi connectivity index (χ0v) is 58.6. The Kier molecular flexibility index (Phi) is 15.6. The van der Waals surface area contributed by atoms with Gasteiger partial charge >= 0.3 is 0 Å². The topological polar surface area (TPSA) is 38.5 Å². The molecule has 7 heteroatoms. The molecule has 0 spiro atoms. The number of nitrogens with zero attached hydrogens (tertiary/aromatic N) is 5. The maximum absolute atomic E-state index is 7.39. The molecule has 4 aliphatic carbocycles. The molecule has 19 rings (SSSR count). The molecule has 11 aromatic carbocycles. The molecule has 486 valence electrons. The van der Waals surface area contributed by atoms with Crippen LogP contribution in [0.15, 0.2) is 255 Å². The zero-order chi connectivity index (χ0) is 65.2. The van der Waals surface area contributed by atoms with Gasteiger partial charge in [-0.15, -0.1) is 53.6 Å².